The Morgan fingerprint density at radius 3 is 3.17 bits per heavy atom. The summed E-state index contributed by atoms with van der Waals surface area (Å²) in [5.41, 5.74) is 0.206. The maximum Gasteiger partial charge on any atom is 0.335 e. The van der Waals surface area contributed by atoms with Crippen molar-refractivity contribution in [3.8, 4) is 5.88 Å². The van der Waals surface area contributed by atoms with E-state index in [0.717, 1.165) is 13.0 Å². The Hall–Kier alpha value is -1.62. The highest BCUT2D eigenvalue weighted by molar-refractivity contribution is 5.87. The topological polar surface area (TPSA) is 62.7 Å². The van der Waals surface area contributed by atoms with Gasteiger partial charge in [0.2, 0.25) is 5.88 Å². The molecule has 0 spiro atoms. The van der Waals surface area contributed by atoms with Gasteiger partial charge in [-0.1, -0.05) is 0 Å². The minimum absolute atomic E-state index is 0.206. The largest absolute Gasteiger partial charge is 0.478 e. The second-order valence-electron chi connectivity index (χ2n) is 4.60. The molecule has 1 fully saturated rings. The van der Waals surface area contributed by atoms with E-state index in [2.05, 4.69) is 16.9 Å². The zero-order valence-corrected chi connectivity index (χ0v) is 10.5. The molecule has 0 bridgehead atoms. The first kappa shape index (κ1) is 12.8. The number of nitrogens with zero attached hydrogens (tertiary/aromatic N) is 2. The van der Waals surface area contributed by atoms with Gasteiger partial charge in [-0.15, -0.1) is 0 Å². The van der Waals surface area contributed by atoms with Gasteiger partial charge in [0, 0.05) is 18.3 Å². The van der Waals surface area contributed by atoms with Gasteiger partial charge in [0.1, 0.15) is 0 Å². The number of rotatable bonds is 5. The average Bonchev–Trinajstić information content (AvgIpc) is 2.76. The lowest BCUT2D eigenvalue weighted by molar-refractivity contribution is 0.0696. The van der Waals surface area contributed by atoms with Gasteiger partial charge in [-0.3, -0.25) is 0 Å². The summed E-state index contributed by atoms with van der Waals surface area (Å²) in [6.07, 6.45) is 4.87. The molecule has 0 radical (unpaired) electrons. The Morgan fingerprint density at radius 1 is 1.67 bits per heavy atom. The summed E-state index contributed by atoms with van der Waals surface area (Å²) >= 11 is 0. The molecule has 1 unspecified atom stereocenters. The minimum atomic E-state index is -0.960. The van der Waals surface area contributed by atoms with Crippen molar-refractivity contribution >= 4 is 5.97 Å². The summed E-state index contributed by atoms with van der Waals surface area (Å²) in [5.74, 6) is -0.576. The highest BCUT2D eigenvalue weighted by Crippen LogP contribution is 2.18. The molecule has 5 heteroatoms. The zero-order chi connectivity index (χ0) is 13.0. The van der Waals surface area contributed by atoms with Gasteiger partial charge in [0.15, 0.2) is 0 Å². The van der Waals surface area contributed by atoms with E-state index < -0.39 is 5.97 Å². The van der Waals surface area contributed by atoms with Crippen LogP contribution in [0.1, 0.15) is 29.6 Å². The van der Waals surface area contributed by atoms with Crippen LogP contribution in [0.4, 0.5) is 0 Å². The molecular formula is C13H18N2O3. The number of carboxylic acids is 1. The van der Waals surface area contributed by atoms with E-state index in [9.17, 15) is 4.79 Å². The minimum Gasteiger partial charge on any atom is -0.478 e. The number of hydrogen-bond donors (Lipinski definition) is 1. The van der Waals surface area contributed by atoms with Crippen molar-refractivity contribution in [2.45, 2.75) is 25.3 Å². The molecule has 1 aliphatic rings. The summed E-state index contributed by atoms with van der Waals surface area (Å²) in [7, 11) is 2.13. The first-order chi connectivity index (χ1) is 8.66. The molecule has 2 heterocycles. The number of aromatic carboxylic acids is 1. The average molecular weight is 250 g/mol. The zero-order valence-electron chi connectivity index (χ0n) is 10.5. The first-order valence-electron chi connectivity index (χ1n) is 6.19. The second kappa shape index (κ2) is 5.82. The van der Waals surface area contributed by atoms with E-state index in [0.29, 0.717) is 18.5 Å². The van der Waals surface area contributed by atoms with Gasteiger partial charge in [-0.05, 0) is 38.9 Å². The van der Waals surface area contributed by atoms with Crippen molar-refractivity contribution in [2.75, 3.05) is 20.2 Å². The molecule has 0 aromatic carbocycles. The van der Waals surface area contributed by atoms with Gasteiger partial charge in [0.25, 0.3) is 0 Å². The quantitative estimate of drug-likeness (QED) is 0.860. The summed E-state index contributed by atoms with van der Waals surface area (Å²) in [4.78, 5) is 17.1. The summed E-state index contributed by atoms with van der Waals surface area (Å²) in [6.45, 7) is 1.72. The number of carbonyl (C=O) groups is 1. The molecule has 1 aromatic rings. The molecule has 1 saturated heterocycles. The van der Waals surface area contributed by atoms with E-state index in [-0.39, 0.29) is 5.56 Å². The molecule has 0 amide bonds. The number of pyridine rings is 1. The van der Waals surface area contributed by atoms with E-state index in [1.54, 1.807) is 0 Å². The Kier molecular flexibility index (Phi) is 4.15. The van der Waals surface area contributed by atoms with Crippen LogP contribution in [0.2, 0.25) is 0 Å². The second-order valence-corrected chi connectivity index (χ2v) is 4.60. The predicted molar refractivity (Wildman–Crippen MR) is 67.0 cm³/mol. The Balaban J connectivity index is 1.83. The summed E-state index contributed by atoms with van der Waals surface area (Å²) in [6, 6.07) is 3.49. The van der Waals surface area contributed by atoms with Gasteiger partial charge in [-0.25, -0.2) is 9.78 Å². The van der Waals surface area contributed by atoms with Gasteiger partial charge in [0.05, 0.1) is 12.2 Å². The highest BCUT2D eigenvalue weighted by atomic mass is 16.5. The summed E-state index contributed by atoms with van der Waals surface area (Å²) in [5, 5.41) is 8.85. The Bertz CT molecular complexity index is 422. The molecule has 1 atom stereocenters. The van der Waals surface area contributed by atoms with E-state index in [1.807, 2.05) is 0 Å². The maximum absolute atomic E-state index is 10.8. The fourth-order valence-corrected chi connectivity index (χ4v) is 2.26. The van der Waals surface area contributed by atoms with Crippen LogP contribution in [0.15, 0.2) is 18.3 Å². The SMILES string of the molecule is CN1CCCC1CCOc1cc(C(=O)O)ccn1. The van der Waals surface area contributed by atoms with E-state index in [4.69, 9.17) is 9.84 Å². The third-order valence-electron chi connectivity index (χ3n) is 3.35. The fraction of sp³-hybridized carbons (Fsp3) is 0.538. The molecule has 0 aliphatic carbocycles. The van der Waals surface area contributed by atoms with Crippen molar-refractivity contribution in [1.29, 1.82) is 0 Å². The molecule has 1 aromatic heterocycles. The lowest BCUT2D eigenvalue weighted by Crippen LogP contribution is -2.26. The van der Waals surface area contributed by atoms with Crippen molar-refractivity contribution in [2.24, 2.45) is 0 Å². The van der Waals surface area contributed by atoms with Gasteiger partial charge in [-0.2, -0.15) is 0 Å². The van der Waals surface area contributed by atoms with E-state index >= 15 is 0 Å². The Morgan fingerprint density at radius 2 is 2.50 bits per heavy atom. The van der Waals surface area contributed by atoms with Gasteiger partial charge < -0.3 is 14.7 Å². The van der Waals surface area contributed by atoms with Gasteiger partial charge >= 0.3 is 5.97 Å². The summed E-state index contributed by atoms with van der Waals surface area (Å²) < 4.78 is 5.51. The molecule has 2 rings (SSSR count). The van der Waals surface area contributed by atoms with Crippen LogP contribution in [0.5, 0.6) is 5.88 Å². The number of likely N-dealkylation sites (tertiary alicyclic amines) is 1. The van der Waals surface area contributed by atoms with Crippen LogP contribution in [0.25, 0.3) is 0 Å². The molecule has 0 saturated carbocycles. The van der Waals surface area contributed by atoms with Crippen molar-refractivity contribution < 1.29 is 14.6 Å². The normalized spacial score (nSPS) is 19.9. The third kappa shape index (κ3) is 3.20. The van der Waals surface area contributed by atoms with Crippen LogP contribution in [-0.2, 0) is 0 Å². The maximum atomic E-state index is 10.8. The number of hydrogen-bond acceptors (Lipinski definition) is 4. The number of ether oxygens (including phenoxy) is 1. The van der Waals surface area contributed by atoms with Crippen molar-refractivity contribution in [3.63, 3.8) is 0 Å². The number of aromatic nitrogens is 1. The lowest BCUT2D eigenvalue weighted by atomic mass is 10.1. The first-order valence-corrected chi connectivity index (χ1v) is 6.19. The van der Waals surface area contributed by atoms with E-state index in [1.165, 1.54) is 31.2 Å². The third-order valence-corrected chi connectivity index (χ3v) is 3.35. The van der Waals surface area contributed by atoms with Crippen molar-refractivity contribution in [3.05, 3.63) is 23.9 Å². The fourth-order valence-electron chi connectivity index (χ4n) is 2.26. The molecule has 5 nitrogen and oxygen atoms in total. The monoisotopic (exact) mass is 250 g/mol. The molecular weight excluding hydrogens is 232 g/mol. The predicted octanol–water partition coefficient (Wildman–Crippen LogP) is 1.64. The van der Waals surface area contributed by atoms with Crippen LogP contribution >= 0.6 is 0 Å². The molecule has 1 aliphatic heterocycles. The van der Waals surface area contributed by atoms with Crippen molar-refractivity contribution in [1.82, 2.24) is 9.88 Å². The Labute approximate surface area is 106 Å². The molecule has 1 N–H and O–H groups in total. The lowest BCUT2D eigenvalue weighted by Gasteiger charge is -2.19. The standard InChI is InChI=1S/C13H18N2O3/c1-15-7-2-3-11(15)5-8-18-12-9-10(13(16)17)4-6-14-12/h4,6,9,11H,2-3,5,7-8H2,1H3,(H,16,17). The highest BCUT2D eigenvalue weighted by Gasteiger charge is 2.20. The number of carboxylic acid groups (broad SMARTS) is 1. The molecule has 18 heavy (non-hydrogen) atoms. The van der Waals surface area contributed by atoms with Crippen LogP contribution < -0.4 is 4.74 Å². The van der Waals surface area contributed by atoms with Crippen LogP contribution in [0, 0.1) is 0 Å². The molecule has 98 valence electrons. The van der Waals surface area contributed by atoms with Crippen LogP contribution in [-0.4, -0.2) is 47.2 Å². The van der Waals surface area contributed by atoms with Crippen LogP contribution in [0.3, 0.4) is 0 Å². The smallest absolute Gasteiger partial charge is 0.335 e.